The SMILES string of the molecule is CC(=O)NCCCc1ccc(-c2csc(NC(=O)CN3C(=O)c4ccccc4C3=O)n2)cc1. The predicted molar refractivity (Wildman–Crippen MR) is 125 cm³/mol. The minimum absolute atomic E-state index is 0.0273. The summed E-state index contributed by atoms with van der Waals surface area (Å²) in [5, 5.41) is 7.68. The second-order valence-corrected chi connectivity index (χ2v) is 8.47. The number of nitrogens with one attached hydrogen (secondary N) is 2. The maximum Gasteiger partial charge on any atom is 0.262 e. The summed E-state index contributed by atoms with van der Waals surface area (Å²) in [4.78, 5) is 53.6. The second-order valence-electron chi connectivity index (χ2n) is 7.61. The number of hydrogen-bond acceptors (Lipinski definition) is 6. The first-order valence-electron chi connectivity index (χ1n) is 10.5. The molecule has 168 valence electrons. The Morgan fingerprint density at radius 1 is 1.00 bits per heavy atom. The highest BCUT2D eigenvalue weighted by Crippen LogP contribution is 2.26. The quantitative estimate of drug-likeness (QED) is 0.395. The molecule has 1 aliphatic rings. The average molecular weight is 463 g/mol. The van der Waals surface area contributed by atoms with E-state index in [1.807, 2.05) is 29.6 Å². The predicted octanol–water partition coefficient (Wildman–Crippen LogP) is 3.11. The molecule has 0 fully saturated rings. The Morgan fingerprint density at radius 2 is 1.67 bits per heavy atom. The van der Waals surface area contributed by atoms with Crippen LogP contribution in [0.3, 0.4) is 0 Å². The van der Waals surface area contributed by atoms with Crippen LogP contribution < -0.4 is 10.6 Å². The zero-order valence-electron chi connectivity index (χ0n) is 18.0. The lowest BCUT2D eigenvalue weighted by Gasteiger charge is -2.12. The van der Waals surface area contributed by atoms with Crippen LogP contribution in [0.4, 0.5) is 5.13 Å². The molecule has 0 bridgehead atoms. The third kappa shape index (κ3) is 5.15. The number of benzene rings is 2. The van der Waals surface area contributed by atoms with Crippen LogP contribution in [0.1, 0.15) is 39.6 Å². The smallest absolute Gasteiger partial charge is 0.262 e. The number of aryl methyl sites for hydroxylation is 1. The molecule has 2 heterocycles. The van der Waals surface area contributed by atoms with Gasteiger partial charge in [-0.3, -0.25) is 24.1 Å². The van der Waals surface area contributed by atoms with Crippen molar-refractivity contribution >= 4 is 40.1 Å². The lowest BCUT2D eigenvalue weighted by molar-refractivity contribution is -0.119. The Bertz CT molecular complexity index is 1180. The van der Waals surface area contributed by atoms with Gasteiger partial charge in [0.2, 0.25) is 11.8 Å². The maximum absolute atomic E-state index is 12.5. The summed E-state index contributed by atoms with van der Waals surface area (Å²) in [5.74, 6) is -1.45. The molecule has 8 nitrogen and oxygen atoms in total. The number of fused-ring (bicyclic) bond motifs is 1. The van der Waals surface area contributed by atoms with Crippen molar-refractivity contribution in [3.05, 3.63) is 70.6 Å². The number of hydrogen-bond donors (Lipinski definition) is 2. The Kier molecular flexibility index (Phi) is 6.60. The third-order valence-electron chi connectivity index (χ3n) is 5.20. The van der Waals surface area contributed by atoms with Gasteiger partial charge in [-0.05, 0) is 30.5 Å². The Morgan fingerprint density at radius 3 is 2.30 bits per heavy atom. The molecule has 0 aliphatic carbocycles. The number of nitrogens with zero attached hydrogens (tertiary/aromatic N) is 2. The molecule has 4 amide bonds. The van der Waals surface area contributed by atoms with Gasteiger partial charge in [0.05, 0.1) is 16.8 Å². The van der Waals surface area contributed by atoms with Crippen LogP contribution in [0, 0.1) is 0 Å². The number of rotatable bonds is 8. The lowest BCUT2D eigenvalue weighted by atomic mass is 10.1. The van der Waals surface area contributed by atoms with Crippen LogP contribution in [0.2, 0.25) is 0 Å². The molecule has 0 unspecified atom stereocenters. The van der Waals surface area contributed by atoms with E-state index in [9.17, 15) is 19.2 Å². The Labute approximate surface area is 194 Å². The highest BCUT2D eigenvalue weighted by Gasteiger charge is 2.36. The van der Waals surface area contributed by atoms with E-state index in [0.29, 0.717) is 22.8 Å². The highest BCUT2D eigenvalue weighted by molar-refractivity contribution is 7.14. The molecule has 2 N–H and O–H groups in total. The zero-order valence-corrected chi connectivity index (χ0v) is 18.8. The van der Waals surface area contributed by atoms with E-state index < -0.39 is 17.7 Å². The van der Waals surface area contributed by atoms with Gasteiger partial charge in [-0.25, -0.2) is 4.98 Å². The number of aromatic nitrogens is 1. The molecule has 4 rings (SSSR count). The molecule has 0 radical (unpaired) electrons. The first-order valence-corrected chi connectivity index (χ1v) is 11.3. The minimum atomic E-state index is -0.486. The van der Waals surface area contributed by atoms with E-state index in [4.69, 9.17) is 0 Å². The van der Waals surface area contributed by atoms with Crippen molar-refractivity contribution < 1.29 is 19.2 Å². The average Bonchev–Trinajstić information content (AvgIpc) is 3.36. The van der Waals surface area contributed by atoms with Gasteiger partial charge in [0.1, 0.15) is 6.54 Å². The first kappa shape index (κ1) is 22.3. The van der Waals surface area contributed by atoms with Crippen molar-refractivity contribution in [2.45, 2.75) is 19.8 Å². The van der Waals surface area contributed by atoms with Crippen LogP contribution in [-0.2, 0) is 16.0 Å². The molecule has 3 aromatic rings. The number of thiazole rings is 1. The zero-order chi connectivity index (χ0) is 23.4. The number of carbonyl (C=O) groups is 4. The first-order chi connectivity index (χ1) is 15.9. The van der Waals surface area contributed by atoms with Gasteiger partial charge in [-0.2, -0.15) is 0 Å². The van der Waals surface area contributed by atoms with Gasteiger partial charge >= 0.3 is 0 Å². The Balaban J connectivity index is 1.32. The number of anilines is 1. The molecule has 2 aromatic carbocycles. The van der Waals surface area contributed by atoms with Gasteiger partial charge < -0.3 is 10.6 Å². The van der Waals surface area contributed by atoms with E-state index in [0.717, 1.165) is 34.6 Å². The topological polar surface area (TPSA) is 108 Å². The van der Waals surface area contributed by atoms with Crippen LogP contribution in [0.5, 0.6) is 0 Å². The Hall–Kier alpha value is -3.85. The van der Waals surface area contributed by atoms with Crippen molar-refractivity contribution in [1.82, 2.24) is 15.2 Å². The normalized spacial score (nSPS) is 12.6. The highest BCUT2D eigenvalue weighted by atomic mass is 32.1. The summed E-state index contributed by atoms with van der Waals surface area (Å²) in [6, 6.07) is 14.5. The van der Waals surface area contributed by atoms with Crippen molar-refractivity contribution in [3.63, 3.8) is 0 Å². The van der Waals surface area contributed by atoms with Crippen LogP contribution in [0.25, 0.3) is 11.3 Å². The monoisotopic (exact) mass is 462 g/mol. The fourth-order valence-corrected chi connectivity index (χ4v) is 4.28. The van der Waals surface area contributed by atoms with E-state index in [2.05, 4.69) is 15.6 Å². The molecule has 1 aliphatic heterocycles. The maximum atomic E-state index is 12.5. The molecule has 0 saturated heterocycles. The minimum Gasteiger partial charge on any atom is -0.356 e. The van der Waals surface area contributed by atoms with Crippen molar-refractivity contribution in [2.24, 2.45) is 0 Å². The summed E-state index contributed by atoms with van der Waals surface area (Å²) in [6.07, 6.45) is 1.72. The third-order valence-corrected chi connectivity index (χ3v) is 5.95. The number of carbonyl (C=O) groups excluding carboxylic acids is 4. The van der Waals surface area contributed by atoms with E-state index in [-0.39, 0.29) is 12.5 Å². The molecule has 0 saturated carbocycles. The largest absolute Gasteiger partial charge is 0.356 e. The van der Waals surface area contributed by atoms with Crippen LogP contribution in [-0.4, -0.2) is 46.6 Å². The van der Waals surface area contributed by atoms with E-state index >= 15 is 0 Å². The van der Waals surface area contributed by atoms with E-state index in [1.165, 1.54) is 18.3 Å². The van der Waals surface area contributed by atoms with Gasteiger partial charge in [0.15, 0.2) is 5.13 Å². The van der Waals surface area contributed by atoms with Crippen LogP contribution in [0.15, 0.2) is 53.9 Å². The standard InChI is InChI=1S/C24H22N4O4S/c1-15(29)25-12-4-5-16-8-10-17(11-9-16)20-14-33-24(26-20)27-21(30)13-28-22(31)18-6-2-3-7-19(18)23(28)32/h2-3,6-11,14H,4-5,12-13H2,1H3,(H,25,29)(H,26,27,30). The fourth-order valence-electron chi connectivity index (χ4n) is 3.55. The van der Waals surface area contributed by atoms with Gasteiger partial charge in [-0.1, -0.05) is 36.4 Å². The fraction of sp³-hybridized carbons (Fsp3) is 0.208. The molecule has 0 atom stereocenters. The van der Waals surface area contributed by atoms with Crippen molar-refractivity contribution in [1.29, 1.82) is 0 Å². The summed E-state index contributed by atoms with van der Waals surface area (Å²) in [5.41, 5.74) is 3.42. The summed E-state index contributed by atoms with van der Waals surface area (Å²) >= 11 is 1.27. The van der Waals surface area contributed by atoms with Crippen molar-refractivity contribution in [2.75, 3.05) is 18.4 Å². The van der Waals surface area contributed by atoms with Crippen LogP contribution >= 0.6 is 11.3 Å². The molecule has 1 aromatic heterocycles. The van der Waals surface area contributed by atoms with Gasteiger partial charge in [-0.15, -0.1) is 11.3 Å². The number of amides is 4. The lowest BCUT2D eigenvalue weighted by Crippen LogP contribution is -2.37. The number of imide groups is 1. The molecular formula is C24H22N4O4S. The van der Waals surface area contributed by atoms with Gasteiger partial charge in [0.25, 0.3) is 11.8 Å². The van der Waals surface area contributed by atoms with Gasteiger partial charge in [0, 0.05) is 24.4 Å². The van der Waals surface area contributed by atoms with Crippen molar-refractivity contribution in [3.8, 4) is 11.3 Å². The molecule has 33 heavy (non-hydrogen) atoms. The summed E-state index contributed by atoms with van der Waals surface area (Å²) in [7, 11) is 0. The van der Waals surface area contributed by atoms with E-state index in [1.54, 1.807) is 24.3 Å². The molecule has 0 spiro atoms. The summed E-state index contributed by atoms with van der Waals surface area (Å²) in [6.45, 7) is 1.78. The second kappa shape index (κ2) is 9.74. The summed E-state index contributed by atoms with van der Waals surface area (Å²) < 4.78 is 0. The molecule has 9 heteroatoms. The molecular weight excluding hydrogens is 440 g/mol.